The lowest BCUT2D eigenvalue weighted by Gasteiger charge is -2.09. The Morgan fingerprint density at radius 2 is 1.86 bits per heavy atom. The van der Waals surface area contributed by atoms with Gasteiger partial charge in [0.2, 0.25) is 0 Å². The van der Waals surface area contributed by atoms with Crippen LogP contribution in [0, 0.1) is 11.3 Å². The molecule has 112 valence electrons. The molecule has 0 heterocycles. The molecule has 5 heteroatoms. The van der Waals surface area contributed by atoms with Crippen LogP contribution in [0.3, 0.4) is 0 Å². The number of benzene rings is 1. The lowest BCUT2D eigenvalue weighted by molar-refractivity contribution is -0.143. The highest BCUT2D eigenvalue weighted by atomic mass is 16.5. The first-order chi connectivity index (χ1) is 10.1. The number of rotatable bonds is 7. The van der Waals surface area contributed by atoms with E-state index in [-0.39, 0.29) is 18.8 Å². The van der Waals surface area contributed by atoms with E-state index in [9.17, 15) is 9.59 Å². The van der Waals surface area contributed by atoms with Gasteiger partial charge in [-0.2, -0.15) is 5.26 Å². The van der Waals surface area contributed by atoms with Crippen molar-refractivity contribution in [3.8, 4) is 6.07 Å². The largest absolute Gasteiger partial charge is 0.466 e. The first-order valence-electron chi connectivity index (χ1n) is 6.93. The smallest absolute Gasteiger partial charge is 0.338 e. The summed E-state index contributed by atoms with van der Waals surface area (Å²) in [5, 5.41) is 8.88. The van der Waals surface area contributed by atoms with Gasteiger partial charge in [0.15, 0.2) is 0 Å². The third kappa shape index (κ3) is 5.27. The zero-order chi connectivity index (χ0) is 15.7. The third-order valence-corrected chi connectivity index (χ3v) is 2.89. The Balaban J connectivity index is 2.86. The van der Waals surface area contributed by atoms with Crippen LogP contribution in [-0.2, 0) is 27.1 Å². The van der Waals surface area contributed by atoms with E-state index in [1.165, 1.54) is 0 Å². The van der Waals surface area contributed by atoms with E-state index in [4.69, 9.17) is 14.7 Å². The quantitative estimate of drug-likeness (QED) is 0.720. The van der Waals surface area contributed by atoms with Gasteiger partial charge in [-0.15, -0.1) is 0 Å². The number of aryl methyl sites for hydroxylation is 1. The highest BCUT2D eigenvalue weighted by Gasteiger charge is 2.12. The van der Waals surface area contributed by atoms with Gasteiger partial charge in [-0.3, -0.25) is 4.79 Å². The average molecular weight is 289 g/mol. The second-order valence-electron chi connectivity index (χ2n) is 4.34. The molecular formula is C16H19NO4. The van der Waals surface area contributed by atoms with Crippen molar-refractivity contribution in [2.45, 2.75) is 33.1 Å². The van der Waals surface area contributed by atoms with Crippen LogP contribution in [-0.4, -0.2) is 25.2 Å². The Kier molecular flexibility index (Phi) is 6.96. The first-order valence-corrected chi connectivity index (χ1v) is 6.93. The topological polar surface area (TPSA) is 76.4 Å². The summed E-state index contributed by atoms with van der Waals surface area (Å²) in [6, 6.07) is 7.14. The van der Waals surface area contributed by atoms with Gasteiger partial charge in [0.25, 0.3) is 0 Å². The molecule has 5 nitrogen and oxygen atoms in total. The van der Waals surface area contributed by atoms with Crippen LogP contribution in [0.1, 0.15) is 41.8 Å². The summed E-state index contributed by atoms with van der Waals surface area (Å²) < 4.78 is 9.81. The SMILES string of the molecule is CCOC(=O)CCc1ccc(C(=O)OCC)cc1CC#N. The highest BCUT2D eigenvalue weighted by Crippen LogP contribution is 2.16. The maximum absolute atomic E-state index is 11.7. The fraction of sp³-hybridized carbons (Fsp3) is 0.438. The van der Waals surface area contributed by atoms with Crippen LogP contribution >= 0.6 is 0 Å². The lowest BCUT2D eigenvalue weighted by atomic mass is 9.98. The fourth-order valence-electron chi connectivity index (χ4n) is 1.93. The van der Waals surface area contributed by atoms with E-state index in [0.29, 0.717) is 25.2 Å². The van der Waals surface area contributed by atoms with Crippen LogP contribution in [0.25, 0.3) is 0 Å². The molecule has 21 heavy (non-hydrogen) atoms. The summed E-state index contributed by atoms with van der Waals surface area (Å²) in [6.07, 6.45) is 0.926. The Morgan fingerprint density at radius 1 is 1.14 bits per heavy atom. The molecule has 0 atom stereocenters. The number of hydrogen-bond donors (Lipinski definition) is 0. The van der Waals surface area contributed by atoms with Crippen molar-refractivity contribution < 1.29 is 19.1 Å². The van der Waals surface area contributed by atoms with Gasteiger partial charge in [0, 0.05) is 6.42 Å². The van der Waals surface area contributed by atoms with Crippen LogP contribution in [0.4, 0.5) is 0 Å². The number of esters is 2. The maximum atomic E-state index is 11.7. The van der Waals surface area contributed by atoms with Crippen molar-refractivity contribution >= 4 is 11.9 Å². The number of nitrogens with zero attached hydrogens (tertiary/aromatic N) is 1. The van der Waals surface area contributed by atoms with E-state index < -0.39 is 5.97 Å². The molecule has 0 aliphatic rings. The molecule has 0 N–H and O–H groups in total. The fourth-order valence-corrected chi connectivity index (χ4v) is 1.93. The molecule has 0 fully saturated rings. The number of ether oxygens (including phenoxy) is 2. The van der Waals surface area contributed by atoms with Crippen molar-refractivity contribution in [3.63, 3.8) is 0 Å². The Morgan fingerprint density at radius 3 is 2.48 bits per heavy atom. The van der Waals surface area contributed by atoms with Gasteiger partial charge in [0.1, 0.15) is 0 Å². The minimum absolute atomic E-state index is 0.186. The summed E-state index contributed by atoms with van der Waals surface area (Å²) in [5.41, 5.74) is 2.03. The van der Waals surface area contributed by atoms with E-state index in [1.54, 1.807) is 32.0 Å². The van der Waals surface area contributed by atoms with Gasteiger partial charge in [0.05, 0.1) is 31.3 Å². The zero-order valence-electron chi connectivity index (χ0n) is 12.3. The van der Waals surface area contributed by atoms with Crippen molar-refractivity contribution in [2.75, 3.05) is 13.2 Å². The molecular weight excluding hydrogens is 270 g/mol. The number of carbonyl (C=O) groups excluding carboxylic acids is 2. The molecule has 0 aromatic heterocycles. The van der Waals surface area contributed by atoms with Gasteiger partial charge in [-0.1, -0.05) is 6.07 Å². The van der Waals surface area contributed by atoms with Crippen LogP contribution in [0.15, 0.2) is 18.2 Å². The van der Waals surface area contributed by atoms with E-state index >= 15 is 0 Å². The van der Waals surface area contributed by atoms with Gasteiger partial charge < -0.3 is 9.47 Å². The second-order valence-corrected chi connectivity index (χ2v) is 4.34. The molecule has 0 radical (unpaired) electrons. The Bertz CT molecular complexity index is 546. The van der Waals surface area contributed by atoms with Crippen LogP contribution in [0.2, 0.25) is 0 Å². The highest BCUT2D eigenvalue weighted by molar-refractivity contribution is 5.89. The summed E-state index contributed by atoms with van der Waals surface area (Å²) in [4.78, 5) is 23.1. The molecule has 0 aliphatic carbocycles. The first kappa shape index (κ1) is 16.7. The molecule has 0 bridgehead atoms. The minimum Gasteiger partial charge on any atom is -0.466 e. The van der Waals surface area contributed by atoms with Gasteiger partial charge in [-0.25, -0.2) is 4.79 Å². The summed E-state index contributed by atoms with van der Waals surface area (Å²) >= 11 is 0. The molecule has 0 aliphatic heterocycles. The summed E-state index contributed by atoms with van der Waals surface area (Å²) in [6.45, 7) is 4.15. The molecule has 0 saturated carbocycles. The van der Waals surface area contributed by atoms with E-state index in [0.717, 1.165) is 11.1 Å². The average Bonchev–Trinajstić information content (AvgIpc) is 2.46. The molecule has 0 saturated heterocycles. The lowest BCUT2D eigenvalue weighted by Crippen LogP contribution is -2.08. The normalized spacial score (nSPS) is 9.76. The molecule has 1 rings (SSSR count). The Hall–Kier alpha value is -2.35. The number of carbonyl (C=O) groups is 2. The molecule has 0 spiro atoms. The van der Waals surface area contributed by atoms with E-state index in [1.807, 2.05) is 0 Å². The third-order valence-electron chi connectivity index (χ3n) is 2.89. The predicted molar refractivity (Wildman–Crippen MR) is 76.7 cm³/mol. The number of hydrogen-bond acceptors (Lipinski definition) is 5. The van der Waals surface area contributed by atoms with E-state index in [2.05, 4.69) is 6.07 Å². The second kappa shape index (κ2) is 8.75. The molecule has 1 aromatic carbocycles. The zero-order valence-corrected chi connectivity index (χ0v) is 12.3. The maximum Gasteiger partial charge on any atom is 0.338 e. The number of nitriles is 1. The van der Waals surface area contributed by atoms with Crippen LogP contribution in [0.5, 0.6) is 0 Å². The van der Waals surface area contributed by atoms with Crippen molar-refractivity contribution in [3.05, 3.63) is 34.9 Å². The summed E-state index contributed by atoms with van der Waals surface area (Å²) in [7, 11) is 0. The summed E-state index contributed by atoms with van der Waals surface area (Å²) in [5.74, 6) is -0.677. The minimum atomic E-state index is -0.409. The molecule has 1 aromatic rings. The van der Waals surface area contributed by atoms with Crippen molar-refractivity contribution in [2.24, 2.45) is 0 Å². The standard InChI is InChI=1S/C16H19NO4/c1-3-20-15(18)8-7-12-5-6-14(16(19)21-4-2)11-13(12)9-10-17/h5-6,11H,3-4,7-9H2,1-2H3. The van der Waals surface area contributed by atoms with Gasteiger partial charge in [-0.05, 0) is 43.5 Å². The predicted octanol–water partition coefficient (Wildman–Crippen LogP) is 2.43. The Labute approximate surface area is 124 Å². The monoisotopic (exact) mass is 289 g/mol. The van der Waals surface area contributed by atoms with Crippen molar-refractivity contribution in [1.29, 1.82) is 5.26 Å². The van der Waals surface area contributed by atoms with Crippen LogP contribution < -0.4 is 0 Å². The van der Waals surface area contributed by atoms with Crippen molar-refractivity contribution in [1.82, 2.24) is 0 Å². The molecule has 0 unspecified atom stereocenters. The molecule has 0 amide bonds. The van der Waals surface area contributed by atoms with Gasteiger partial charge >= 0.3 is 11.9 Å².